The van der Waals surface area contributed by atoms with Gasteiger partial charge in [0, 0.05) is 19.1 Å². The smallest absolute Gasteiger partial charge is 0.243 e. The molecule has 1 aromatic carbocycles. The van der Waals surface area contributed by atoms with Crippen LogP contribution in [0.3, 0.4) is 0 Å². The lowest BCUT2D eigenvalue weighted by Gasteiger charge is -2.33. The Kier molecular flexibility index (Phi) is 6.08. The van der Waals surface area contributed by atoms with Crippen LogP contribution in [-0.4, -0.2) is 45.5 Å². The normalized spacial score (nSPS) is 20.0. The number of benzene rings is 1. The summed E-state index contributed by atoms with van der Waals surface area (Å²) in [5.74, 6) is -0.938. The molecule has 142 valence electrons. The molecule has 3 N–H and O–H groups in total. The highest BCUT2D eigenvalue weighted by Gasteiger charge is 2.33. The van der Waals surface area contributed by atoms with E-state index in [4.69, 9.17) is 5.73 Å². The van der Waals surface area contributed by atoms with E-state index < -0.39 is 31.1 Å². The summed E-state index contributed by atoms with van der Waals surface area (Å²) < 4.78 is 67.0. The summed E-state index contributed by atoms with van der Waals surface area (Å²) in [6, 6.07) is 2.87. The lowest BCUT2D eigenvalue weighted by molar-refractivity contribution is 0.257. The van der Waals surface area contributed by atoms with Gasteiger partial charge < -0.3 is 5.73 Å². The third kappa shape index (κ3) is 4.30. The second-order valence-corrected chi connectivity index (χ2v) is 10.5. The lowest BCUT2D eigenvalue weighted by atomic mass is 10.1. The van der Waals surface area contributed by atoms with E-state index in [0.29, 0.717) is 13.0 Å². The van der Waals surface area contributed by atoms with Crippen LogP contribution in [0.25, 0.3) is 0 Å². The molecule has 1 aliphatic rings. The Bertz CT molecular complexity index is 825. The first-order valence-electron chi connectivity index (χ1n) is 8.12. The van der Waals surface area contributed by atoms with Crippen LogP contribution in [0.15, 0.2) is 23.1 Å². The Labute approximate surface area is 148 Å². The third-order valence-corrected chi connectivity index (χ3v) is 7.96. The maximum atomic E-state index is 14.3. The minimum Gasteiger partial charge on any atom is -0.329 e. The van der Waals surface area contributed by atoms with E-state index in [1.807, 2.05) is 0 Å². The molecule has 1 saturated heterocycles. The van der Waals surface area contributed by atoms with Crippen molar-refractivity contribution in [2.24, 2.45) is 5.73 Å². The molecule has 1 aromatic rings. The van der Waals surface area contributed by atoms with Crippen molar-refractivity contribution < 1.29 is 21.2 Å². The molecule has 25 heavy (non-hydrogen) atoms. The van der Waals surface area contributed by atoms with Gasteiger partial charge in [-0.15, -0.1) is 0 Å². The van der Waals surface area contributed by atoms with Crippen molar-refractivity contribution in [3.8, 4) is 0 Å². The predicted molar refractivity (Wildman–Crippen MR) is 94.7 cm³/mol. The molecule has 10 heteroatoms. The van der Waals surface area contributed by atoms with Gasteiger partial charge in [0.05, 0.1) is 15.8 Å². The monoisotopic (exact) mass is 393 g/mol. The fourth-order valence-corrected chi connectivity index (χ4v) is 5.10. The van der Waals surface area contributed by atoms with Gasteiger partial charge in [-0.3, -0.25) is 4.72 Å². The van der Waals surface area contributed by atoms with E-state index in [1.54, 1.807) is 0 Å². The van der Waals surface area contributed by atoms with Gasteiger partial charge in [0.1, 0.15) is 5.82 Å². The number of sulfonamides is 2. The van der Waals surface area contributed by atoms with Crippen LogP contribution in [0.4, 0.5) is 10.1 Å². The highest BCUT2D eigenvalue weighted by molar-refractivity contribution is 7.93. The average molecular weight is 394 g/mol. The van der Waals surface area contributed by atoms with Crippen molar-refractivity contribution >= 4 is 25.7 Å². The van der Waals surface area contributed by atoms with Crippen molar-refractivity contribution in [1.29, 1.82) is 0 Å². The molecule has 1 heterocycles. The fraction of sp³-hybridized carbons (Fsp3) is 0.600. The van der Waals surface area contributed by atoms with E-state index in [9.17, 15) is 21.2 Å². The van der Waals surface area contributed by atoms with Crippen LogP contribution in [0.2, 0.25) is 0 Å². The highest BCUT2D eigenvalue weighted by atomic mass is 32.2. The molecule has 2 rings (SSSR count). The van der Waals surface area contributed by atoms with E-state index in [1.165, 1.54) is 24.2 Å². The first kappa shape index (κ1) is 20.1. The van der Waals surface area contributed by atoms with Crippen LogP contribution >= 0.6 is 0 Å². The predicted octanol–water partition coefficient (Wildman–Crippen LogP) is 1.48. The molecule has 0 aliphatic carbocycles. The zero-order valence-electron chi connectivity index (χ0n) is 14.3. The third-order valence-electron chi connectivity index (χ3n) is 4.27. The Morgan fingerprint density at radius 2 is 1.96 bits per heavy atom. The van der Waals surface area contributed by atoms with Crippen LogP contribution in [0.1, 0.15) is 33.1 Å². The maximum Gasteiger partial charge on any atom is 0.243 e. The number of piperidine rings is 1. The van der Waals surface area contributed by atoms with Crippen molar-refractivity contribution in [3.63, 3.8) is 0 Å². The largest absolute Gasteiger partial charge is 0.329 e. The summed E-state index contributed by atoms with van der Waals surface area (Å²) in [6.45, 7) is 3.46. The van der Waals surface area contributed by atoms with Gasteiger partial charge in [-0.2, -0.15) is 4.31 Å². The SMILES string of the molecule is CC(C)S(=O)(=O)Nc1ccc(S(=O)(=O)N2CCCCC2CN)cc1F. The summed E-state index contributed by atoms with van der Waals surface area (Å²) in [5, 5.41) is -0.742. The van der Waals surface area contributed by atoms with Crippen LogP contribution in [0, 0.1) is 5.82 Å². The number of anilines is 1. The average Bonchev–Trinajstić information content (AvgIpc) is 2.56. The minimum absolute atomic E-state index is 0.202. The second-order valence-electron chi connectivity index (χ2n) is 6.34. The summed E-state index contributed by atoms with van der Waals surface area (Å²) >= 11 is 0. The number of halogens is 1. The van der Waals surface area contributed by atoms with Gasteiger partial charge >= 0.3 is 0 Å². The molecule has 0 aromatic heterocycles. The van der Waals surface area contributed by atoms with Crippen LogP contribution < -0.4 is 10.5 Å². The molecule has 0 bridgehead atoms. The van der Waals surface area contributed by atoms with E-state index in [0.717, 1.165) is 25.0 Å². The topological polar surface area (TPSA) is 110 Å². The van der Waals surface area contributed by atoms with E-state index >= 15 is 0 Å². The first-order valence-corrected chi connectivity index (χ1v) is 11.1. The fourth-order valence-electron chi connectivity index (χ4n) is 2.67. The van der Waals surface area contributed by atoms with Crippen LogP contribution in [-0.2, 0) is 20.0 Å². The Hall–Kier alpha value is -1.23. The standard InChI is InChI=1S/C15H24FN3O4S2/c1-11(2)24(20,21)18-15-7-6-13(9-14(15)16)25(22,23)19-8-4-3-5-12(19)10-17/h6-7,9,11-12,18H,3-5,8,10,17H2,1-2H3. The number of hydrogen-bond donors (Lipinski definition) is 2. The van der Waals surface area contributed by atoms with Gasteiger partial charge in [-0.1, -0.05) is 6.42 Å². The van der Waals surface area contributed by atoms with E-state index in [-0.39, 0.29) is 23.2 Å². The van der Waals surface area contributed by atoms with Gasteiger partial charge in [-0.25, -0.2) is 21.2 Å². The Morgan fingerprint density at radius 1 is 1.28 bits per heavy atom. The molecule has 7 nitrogen and oxygen atoms in total. The molecule has 1 fully saturated rings. The van der Waals surface area contributed by atoms with Crippen molar-refractivity contribution in [2.75, 3.05) is 17.8 Å². The minimum atomic E-state index is -3.89. The Morgan fingerprint density at radius 3 is 2.52 bits per heavy atom. The van der Waals surface area contributed by atoms with Crippen molar-refractivity contribution in [1.82, 2.24) is 4.31 Å². The highest BCUT2D eigenvalue weighted by Crippen LogP contribution is 2.27. The molecule has 0 saturated carbocycles. The summed E-state index contributed by atoms with van der Waals surface area (Å²) in [4.78, 5) is -0.210. The van der Waals surface area contributed by atoms with Gasteiger partial charge in [0.15, 0.2) is 0 Å². The Balaban J connectivity index is 2.33. The number of nitrogens with one attached hydrogen (secondary N) is 1. The van der Waals surface area contributed by atoms with E-state index in [2.05, 4.69) is 4.72 Å². The molecular formula is C15H24FN3O4S2. The van der Waals surface area contributed by atoms with Crippen LogP contribution in [0.5, 0.6) is 0 Å². The molecule has 1 unspecified atom stereocenters. The quantitative estimate of drug-likeness (QED) is 0.761. The number of nitrogens with zero attached hydrogens (tertiary/aromatic N) is 1. The molecule has 0 spiro atoms. The number of rotatable bonds is 6. The maximum absolute atomic E-state index is 14.3. The number of hydrogen-bond acceptors (Lipinski definition) is 5. The second kappa shape index (κ2) is 7.56. The van der Waals surface area contributed by atoms with Gasteiger partial charge in [0.2, 0.25) is 20.0 Å². The molecule has 0 amide bonds. The zero-order chi connectivity index (χ0) is 18.8. The first-order chi connectivity index (χ1) is 11.6. The zero-order valence-corrected chi connectivity index (χ0v) is 15.9. The van der Waals surface area contributed by atoms with Gasteiger partial charge in [0.25, 0.3) is 0 Å². The molecule has 0 radical (unpaired) electrons. The van der Waals surface area contributed by atoms with Gasteiger partial charge in [-0.05, 0) is 44.9 Å². The summed E-state index contributed by atoms with van der Waals surface area (Å²) in [5.41, 5.74) is 5.39. The molecule has 1 aliphatic heterocycles. The lowest BCUT2D eigenvalue weighted by Crippen LogP contribution is -2.47. The molecular weight excluding hydrogens is 369 g/mol. The number of nitrogens with two attached hydrogens (primary N) is 1. The van der Waals surface area contributed by atoms with Crippen molar-refractivity contribution in [2.45, 2.75) is 49.3 Å². The molecule has 1 atom stereocenters. The van der Waals surface area contributed by atoms with Crippen molar-refractivity contribution in [3.05, 3.63) is 24.0 Å². The summed E-state index contributed by atoms with van der Waals surface area (Å²) in [6.07, 6.45) is 2.30. The summed E-state index contributed by atoms with van der Waals surface area (Å²) in [7, 11) is -7.61.